The summed E-state index contributed by atoms with van der Waals surface area (Å²) in [7, 11) is 0. The number of hydrogen-bond donors (Lipinski definition) is 0. The second kappa shape index (κ2) is 4.85. The Morgan fingerprint density at radius 1 is 1.47 bits per heavy atom. The molecule has 94 valence electrons. The molecule has 0 aromatic carbocycles. The topological polar surface area (TPSA) is 57.0 Å². The van der Waals surface area contributed by atoms with Crippen molar-refractivity contribution in [3.05, 3.63) is 11.6 Å². The molecule has 0 spiro atoms. The Kier molecular flexibility index (Phi) is 3.45. The zero-order valence-corrected chi connectivity index (χ0v) is 10.6. The average Bonchev–Trinajstić information content (AvgIpc) is 2.93. The van der Waals surface area contributed by atoms with Crippen LogP contribution in [0.25, 0.3) is 0 Å². The van der Waals surface area contributed by atoms with Crippen LogP contribution >= 0.6 is 0 Å². The van der Waals surface area contributed by atoms with Crippen LogP contribution in [0.2, 0.25) is 0 Å². The van der Waals surface area contributed by atoms with Crippen molar-refractivity contribution < 1.29 is 9.53 Å². The van der Waals surface area contributed by atoms with Gasteiger partial charge < -0.3 is 9.30 Å². The minimum atomic E-state index is -0.366. The molecule has 1 fully saturated rings. The van der Waals surface area contributed by atoms with E-state index in [1.54, 1.807) is 6.92 Å². The number of ether oxygens (including phenoxy) is 1. The smallest absolute Gasteiger partial charge is 0.376 e. The van der Waals surface area contributed by atoms with Gasteiger partial charge in [-0.25, -0.2) is 4.79 Å². The molecule has 0 N–H and O–H groups in total. The first-order valence-electron chi connectivity index (χ1n) is 6.27. The fourth-order valence-electron chi connectivity index (χ4n) is 2.33. The molecule has 0 aliphatic heterocycles. The first-order chi connectivity index (χ1) is 8.19. The van der Waals surface area contributed by atoms with E-state index >= 15 is 0 Å². The highest BCUT2D eigenvalue weighted by atomic mass is 16.5. The molecule has 0 radical (unpaired) electrons. The molecule has 1 saturated carbocycles. The summed E-state index contributed by atoms with van der Waals surface area (Å²) in [4.78, 5) is 11.7. The van der Waals surface area contributed by atoms with Gasteiger partial charge in [-0.3, -0.25) is 0 Å². The molecule has 2 rings (SSSR count). The third-order valence-corrected chi connectivity index (χ3v) is 3.20. The Hall–Kier alpha value is -1.39. The van der Waals surface area contributed by atoms with Gasteiger partial charge >= 0.3 is 5.97 Å². The first kappa shape index (κ1) is 12.1. The minimum Gasteiger partial charge on any atom is -0.460 e. The largest absolute Gasteiger partial charge is 0.460 e. The predicted octanol–water partition coefficient (Wildman–Crippen LogP) is 2.12. The first-order valence-corrected chi connectivity index (χ1v) is 6.27. The lowest BCUT2D eigenvalue weighted by atomic mass is 10.2. The molecule has 2 unspecified atom stereocenters. The van der Waals surface area contributed by atoms with E-state index in [0.29, 0.717) is 24.4 Å². The van der Waals surface area contributed by atoms with Gasteiger partial charge in [-0.1, -0.05) is 13.3 Å². The zero-order chi connectivity index (χ0) is 12.4. The zero-order valence-electron chi connectivity index (χ0n) is 10.6. The van der Waals surface area contributed by atoms with Gasteiger partial charge in [0.05, 0.1) is 6.61 Å². The molecule has 0 amide bonds. The highest BCUT2D eigenvalue weighted by Crippen LogP contribution is 2.47. The monoisotopic (exact) mass is 237 g/mol. The van der Waals surface area contributed by atoms with Crippen LogP contribution in [0.5, 0.6) is 0 Å². The summed E-state index contributed by atoms with van der Waals surface area (Å²) in [6, 6.07) is 0.393. The molecule has 5 nitrogen and oxygen atoms in total. The van der Waals surface area contributed by atoms with Crippen LogP contribution in [0.3, 0.4) is 0 Å². The van der Waals surface area contributed by atoms with E-state index in [4.69, 9.17) is 4.74 Å². The van der Waals surface area contributed by atoms with Gasteiger partial charge in [-0.05, 0) is 32.6 Å². The van der Waals surface area contributed by atoms with Crippen LogP contribution in [0.15, 0.2) is 0 Å². The highest BCUT2D eigenvalue weighted by Gasteiger charge is 2.41. The van der Waals surface area contributed by atoms with Crippen molar-refractivity contribution >= 4 is 5.97 Å². The van der Waals surface area contributed by atoms with Crippen molar-refractivity contribution in [1.29, 1.82) is 0 Å². The number of aryl methyl sites for hydroxylation is 1. The lowest BCUT2D eigenvalue weighted by molar-refractivity contribution is 0.0505. The normalized spacial score (nSPS) is 22.5. The Bertz CT molecular complexity index is 414. The maximum atomic E-state index is 11.7. The quantitative estimate of drug-likeness (QED) is 0.736. The second-order valence-electron chi connectivity index (χ2n) is 4.51. The fraction of sp³-hybridized carbons (Fsp3) is 0.750. The van der Waals surface area contributed by atoms with Gasteiger partial charge in [-0.2, -0.15) is 0 Å². The van der Waals surface area contributed by atoms with Crippen molar-refractivity contribution in [1.82, 2.24) is 14.8 Å². The molecule has 1 aromatic rings. The molecule has 1 aromatic heterocycles. The van der Waals surface area contributed by atoms with Gasteiger partial charge in [0.15, 0.2) is 0 Å². The molecule has 1 heterocycles. The molecule has 0 saturated heterocycles. The van der Waals surface area contributed by atoms with Crippen molar-refractivity contribution in [2.24, 2.45) is 5.92 Å². The molecule has 1 aliphatic rings. The van der Waals surface area contributed by atoms with Crippen LogP contribution < -0.4 is 0 Å². The molecular formula is C12H19N3O2. The molecule has 0 bridgehead atoms. The minimum absolute atomic E-state index is 0.355. The van der Waals surface area contributed by atoms with Crippen LogP contribution in [0, 0.1) is 12.8 Å². The van der Waals surface area contributed by atoms with E-state index in [9.17, 15) is 4.79 Å². The van der Waals surface area contributed by atoms with Gasteiger partial charge in [0.25, 0.3) is 0 Å². The van der Waals surface area contributed by atoms with Gasteiger partial charge in [0.2, 0.25) is 5.82 Å². The number of aromatic nitrogens is 3. The molecule has 2 atom stereocenters. The van der Waals surface area contributed by atoms with Crippen LogP contribution in [-0.2, 0) is 4.74 Å². The van der Waals surface area contributed by atoms with Crippen LogP contribution in [-0.4, -0.2) is 27.3 Å². The second-order valence-corrected chi connectivity index (χ2v) is 4.51. The Morgan fingerprint density at radius 2 is 2.24 bits per heavy atom. The predicted molar refractivity (Wildman–Crippen MR) is 62.8 cm³/mol. The van der Waals surface area contributed by atoms with E-state index in [-0.39, 0.29) is 5.97 Å². The summed E-state index contributed by atoms with van der Waals surface area (Å²) >= 11 is 0. The van der Waals surface area contributed by atoms with E-state index in [1.807, 2.05) is 11.5 Å². The number of hydrogen-bond acceptors (Lipinski definition) is 4. The van der Waals surface area contributed by atoms with Gasteiger partial charge in [0.1, 0.15) is 5.82 Å². The molecule has 1 aliphatic carbocycles. The average molecular weight is 237 g/mol. The number of carbonyl (C=O) groups excluding carboxylic acids is 1. The molecule has 5 heteroatoms. The van der Waals surface area contributed by atoms with E-state index in [1.165, 1.54) is 12.8 Å². The third kappa shape index (κ3) is 2.33. The summed E-state index contributed by atoms with van der Waals surface area (Å²) in [6.45, 7) is 6.23. The standard InChI is InChI=1S/C12H19N3O2/c1-4-6-9-7-10(9)15-8(3)13-14-11(15)12(16)17-5-2/h9-10H,4-7H2,1-3H3. The van der Waals surface area contributed by atoms with E-state index in [0.717, 1.165) is 12.2 Å². The summed E-state index contributed by atoms with van der Waals surface area (Å²) in [5.41, 5.74) is 0. The fourth-order valence-corrected chi connectivity index (χ4v) is 2.33. The van der Waals surface area contributed by atoms with Crippen molar-refractivity contribution in [3.63, 3.8) is 0 Å². The number of rotatable bonds is 5. The molecular weight excluding hydrogens is 218 g/mol. The van der Waals surface area contributed by atoms with E-state index in [2.05, 4.69) is 17.1 Å². The number of esters is 1. The summed E-state index contributed by atoms with van der Waals surface area (Å²) in [5, 5.41) is 7.92. The van der Waals surface area contributed by atoms with Gasteiger partial charge in [0, 0.05) is 6.04 Å². The SMILES string of the molecule is CCCC1CC1n1c(C)nnc1C(=O)OCC. The summed E-state index contributed by atoms with van der Waals surface area (Å²) < 4.78 is 6.94. The Balaban J connectivity index is 2.16. The Morgan fingerprint density at radius 3 is 2.88 bits per heavy atom. The van der Waals surface area contributed by atoms with Crippen molar-refractivity contribution in [3.8, 4) is 0 Å². The van der Waals surface area contributed by atoms with Gasteiger partial charge in [-0.15, -0.1) is 10.2 Å². The lowest BCUT2D eigenvalue weighted by Gasteiger charge is -2.07. The number of carbonyl (C=O) groups is 1. The summed E-state index contributed by atoms with van der Waals surface area (Å²) in [6.07, 6.45) is 3.50. The maximum absolute atomic E-state index is 11.7. The number of nitrogens with zero attached hydrogens (tertiary/aromatic N) is 3. The Labute approximate surface area is 101 Å². The van der Waals surface area contributed by atoms with Crippen molar-refractivity contribution in [2.45, 2.75) is 46.1 Å². The maximum Gasteiger partial charge on any atom is 0.376 e. The molecule has 17 heavy (non-hydrogen) atoms. The summed E-state index contributed by atoms with van der Waals surface area (Å²) in [5.74, 6) is 1.46. The van der Waals surface area contributed by atoms with Crippen LogP contribution in [0.4, 0.5) is 0 Å². The van der Waals surface area contributed by atoms with E-state index < -0.39 is 0 Å². The third-order valence-electron chi connectivity index (χ3n) is 3.20. The highest BCUT2D eigenvalue weighted by molar-refractivity contribution is 5.85. The lowest BCUT2D eigenvalue weighted by Crippen LogP contribution is -2.14. The van der Waals surface area contributed by atoms with Crippen LogP contribution in [0.1, 0.15) is 55.6 Å². The van der Waals surface area contributed by atoms with Crippen molar-refractivity contribution in [2.75, 3.05) is 6.61 Å².